The summed E-state index contributed by atoms with van der Waals surface area (Å²) in [6.07, 6.45) is 4.66. The fourth-order valence-corrected chi connectivity index (χ4v) is 3.26. The van der Waals surface area contributed by atoms with Crippen LogP contribution in [0.3, 0.4) is 0 Å². The van der Waals surface area contributed by atoms with E-state index in [-0.39, 0.29) is 0 Å². The van der Waals surface area contributed by atoms with Gasteiger partial charge in [-0.15, -0.1) is 0 Å². The SMILES string of the molecule is COc1ccccc1C(O)CN(C)C1CCCC(C)C1. The Labute approximate surface area is 122 Å². The van der Waals surface area contributed by atoms with Crippen molar-refractivity contribution in [2.75, 3.05) is 20.7 Å². The molecule has 1 aromatic rings. The third-order valence-corrected chi connectivity index (χ3v) is 4.49. The van der Waals surface area contributed by atoms with E-state index in [1.54, 1.807) is 7.11 Å². The van der Waals surface area contributed by atoms with Crippen LogP contribution in [0.15, 0.2) is 24.3 Å². The molecule has 1 aliphatic carbocycles. The number of nitrogens with zero attached hydrogens (tertiary/aromatic N) is 1. The largest absolute Gasteiger partial charge is 0.496 e. The first kappa shape index (κ1) is 15.3. The van der Waals surface area contributed by atoms with E-state index in [4.69, 9.17) is 4.74 Å². The number of hydrogen-bond donors (Lipinski definition) is 1. The molecule has 0 radical (unpaired) electrons. The van der Waals surface area contributed by atoms with E-state index in [2.05, 4.69) is 18.9 Å². The van der Waals surface area contributed by atoms with Crippen molar-refractivity contribution in [3.8, 4) is 5.75 Å². The highest BCUT2D eigenvalue weighted by atomic mass is 16.5. The maximum atomic E-state index is 10.5. The van der Waals surface area contributed by atoms with Crippen molar-refractivity contribution in [3.05, 3.63) is 29.8 Å². The van der Waals surface area contributed by atoms with E-state index in [0.717, 1.165) is 17.2 Å². The van der Waals surface area contributed by atoms with Crippen LogP contribution in [0.5, 0.6) is 5.75 Å². The zero-order valence-corrected chi connectivity index (χ0v) is 12.9. The molecule has 3 heteroatoms. The molecule has 1 saturated carbocycles. The van der Waals surface area contributed by atoms with Gasteiger partial charge in [-0.1, -0.05) is 38.0 Å². The van der Waals surface area contributed by atoms with Gasteiger partial charge in [0.15, 0.2) is 0 Å². The Morgan fingerprint density at radius 3 is 2.80 bits per heavy atom. The number of hydrogen-bond acceptors (Lipinski definition) is 3. The number of likely N-dealkylation sites (N-methyl/N-ethyl adjacent to an activating group) is 1. The second-order valence-electron chi connectivity index (χ2n) is 6.12. The molecule has 0 saturated heterocycles. The average Bonchev–Trinajstić information content (AvgIpc) is 2.47. The van der Waals surface area contributed by atoms with Gasteiger partial charge in [0.05, 0.1) is 13.2 Å². The molecule has 0 aliphatic heterocycles. The molecule has 0 heterocycles. The molecule has 20 heavy (non-hydrogen) atoms. The van der Waals surface area contributed by atoms with Crippen molar-refractivity contribution in [1.82, 2.24) is 4.90 Å². The first-order chi connectivity index (χ1) is 9.61. The van der Waals surface area contributed by atoms with Crippen LogP contribution in [0, 0.1) is 5.92 Å². The van der Waals surface area contributed by atoms with Crippen LogP contribution >= 0.6 is 0 Å². The van der Waals surface area contributed by atoms with Crippen molar-refractivity contribution < 1.29 is 9.84 Å². The van der Waals surface area contributed by atoms with Gasteiger partial charge in [0, 0.05) is 18.2 Å². The molecule has 1 aromatic carbocycles. The highest BCUT2D eigenvalue weighted by Crippen LogP contribution is 2.29. The summed E-state index contributed by atoms with van der Waals surface area (Å²) >= 11 is 0. The van der Waals surface area contributed by atoms with E-state index in [1.807, 2.05) is 24.3 Å². The summed E-state index contributed by atoms with van der Waals surface area (Å²) in [6.45, 7) is 2.99. The van der Waals surface area contributed by atoms with Gasteiger partial charge in [-0.25, -0.2) is 0 Å². The molecule has 2 rings (SSSR count). The number of rotatable bonds is 5. The van der Waals surface area contributed by atoms with Crippen molar-refractivity contribution in [2.45, 2.75) is 44.8 Å². The zero-order valence-electron chi connectivity index (χ0n) is 12.9. The molecule has 3 unspecified atom stereocenters. The predicted molar refractivity (Wildman–Crippen MR) is 82.0 cm³/mol. The van der Waals surface area contributed by atoms with Crippen LogP contribution in [0.4, 0.5) is 0 Å². The summed E-state index contributed by atoms with van der Waals surface area (Å²) in [5.41, 5.74) is 0.880. The Morgan fingerprint density at radius 1 is 1.35 bits per heavy atom. The van der Waals surface area contributed by atoms with Gasteiger partial charge in [-0.3, -0.25) is 0 Å². The fourth-order valence-electron chi connectivity index (χ4n) is 3.26. The molecular formula is C17H27NO2. The maximum Gasteiger partial charge on any atom is 0.124 e. The fraction of sp³-hybridized carbons (Fsp3) is 0.647. The Balaban J connectivity index is 1.98. The first-order valence-corrected chi connectivity index (χ1v) is 7.63. The lowest BCUT2D eigenvalue weighted by Crippen LogP contribution is -2.38. The monoisotopic (exact) mass is 277 g/mol. The minimum atomic E-state index is -0.492. The van der Waals surface area contributed by atoms with Crippen LogP contribution < -0.4 is 4.74 Å². The van der Waals surface area contributed by atoms with Crippen molar-refractivity contribution in [3.63, 3.8) is 0 Å². The normalized spacial score (nSPS) is 24.6. The van der Waals surface area contributed by atoms with Crippen molar-refractivity contribution >= 4 is 0 Å². The Morgan fingerprint density at radius 2 is 2.10 bits per heavy atom. The molecule has 0 aromatic heterocycles. The quantitative estimate of drug-likeness (QED) is 0.897. The Bertz CT molecular complexity index is 421. The van der Waals surface area contributed by atoms with E-state index < -0.39 is 6.10 Å². The summed E-state index contributed by atoms with van der Waals surface area (Å²) in [7, 11) is 3.78. The Kier molecular flexibility index (Phi) is 5.44. The lowest BCUT2D eigenvalue weighted by Gasteiger charge is -2.35. The molecule has 3 nitrogen and oxygen atoms in total. The molecular weight excluding hydrogens is 250 g/mol. The minimum absolute atomic E-state index is 0.492. The number of para-hydroxylation sites is 1. The van der Waals surface area contributed by atoms with E-state index in [1.165, 1.54) is 25.7 Å². The molecule has 0 amide bonds. The highest BCUT2D eigenvalue weighted by Gasteiger charge is 2.24. The Hall–Kier alpha value is -1.06. The smallest absolute Gasteiger partial charge is 0.124 e. The maximum absolute atomic E-state index is 10.5. The van der Waals surface area contributed by atoms with Gasteiger partial charge < -0.3 is 14.7 Å². The number of benzene rings is 1. The van der Waals surface area contributed by atoms with E-state index in [0.29, 0.717) is 12.6 Å². The number of aliphatic hydroxyl groups excluding tert-OH is 1. The van der Waals surface area contributed by atoms with Crippen LogP contribution in [-0.4, -0.2) is 36.8 Å². The van der Waals surface area contributed by atoms with Gasteiger partial charge in [0.25, 0.3) is 0 Å². The number of ether oxygens (including phenoxy) is 1. The lowest BCUT2D eigenvalue weighted by atomic mass is 9.86. The highest BCUT2D eigenvalue weighted by molar-refractivity contribution is 5.35. The first-order valence-electron chi connectivity index (χ1n) is 7.63. The van der Waals surface area contributed by atoms with Crippen molar-refractivity contribution in [1.29, 1.82) is 0 Å². The predicted octanol–water partition coefficient (Wildman–Crippen LogP) is 3.24. The summed E-state index contributed by atoms with van der Waals surface area (Å²) in [5, 5.41) is 10.5. The van der Waals surface area contributed by atoms with E-state index >= 15 is 0 Å². The molecule has 112 valence electrons. The summed E-state index contributed by atoms with van der Waals surface area (Å²) in [5.74, 6) is 1.57. The second-order valence-corrected chi connectivity index (χ2v) is 6.12. The minimum Gasteiger partial charge on any atom is -0.496 e. The summed E-state index contributed by atoms with van der Waals surface area (Å²) in [4.78, 5) is 2.31. The molecule has 1 N–H and O–H groups in total. The third kappa shape index (κ3) is 3.74. The molecule has 1 aliphatic rings. The zero-order chi connectivity index (χ0) is 14.5. The van der Waals surface area contributed by atoms with Crippen LogP contribution in [-0.2, 0) is 0 Å². The van der Waals surface area contributed by atoms with E-state index in [9.17, 15) is 5.11 Å². The number of methoxy groups -OCH3 is 1. The van der Waals surface area contributed by atoms with Gasteiger partial charge in [-0.05, 0) is 31.9 Å². The molecule has 0 spiro atoms. The van der Waals surface area contributed by atoms with Crippen LogP contribution in [0.25, 0.3) is 0 Å². The summed E-state index contributed by atoms with van der Waals surface area (Å²) < 4.78 is 5.33. The third-order valence-electron chi connectivity index (χ3n) is 4.49. The van der Waals surface area contributed by atoms with Crippen LogP contribution in [0.2, 0.25) is 0 Å². The van der Waals surface area contributed by atoms with Crippen LogP contribution in [0.1, 0.15) is 44.3 Å². The molecule has 0 bridgehead atoms. The topological polar surface area (TPSA) is 32.7 Å². The van der Waals surface area contributed by atoms with Gasteiger partial charge >= 0.3 is 0 Å². The van der Waals surface area contributed by atoms with Gasteiger partial charge in [0.1, 0.15) is 5.75 Å². The standard InChI is InChI=1S/C17H27NO2/c1-13-7-6-8-14(11-13)18(2)12-16(19)15-9-4-5-10-17(15)20-3/h4-5,9-10,13-14,16,19H,6-8,11-12H2,1-3H3. The van der Waals surface area contributed by atoms with Gasteiger partial charge in [0.2, 0.25) is 0 Å². The van der Waals surface area contributed by atoms with Gasteiger partial charge in [-0.2, -0.15) is 0 Å². The van der Waals surface area contributed by atoms with Crippen molar-refractivity contribution in [2.24, 2.45) is 5.92 Å². The number of aliphatic hydroxyl groups is 1. The average molecular weight is 277 g/mol. The summed E-state index contributed by atoms with van der Waals surface area (Å²) in [6, 6.07) is 8.33. The molecule has 1 fully saturated rings. The molecule has 3 atom stereocenters. The lowest BCUT2D eigenvalue weighted by molar-refractivity contribution is 0.0816. The second kappa shape index (κ2) is 7.09.